The molecule has 0 unspecified atom stereocenters. The average Bonchev–Trinajstić information content (AvgIpc) is 2.80. The highest BCUT2D eigenvalue weighted by atomic mass is 19.3. The Morgan fingerprint density at radius 2 is 1.41 bits per heavy atom. The van der Waals surface area contributed by atoms with E-state index < -0.39 is 89.8 Å². The van der Waals surface area contributed by atoms with Crippen molar-refractivity contribution in [3.8, 4) is 11.5 Å². The molecule has 2 aromatic carbocycles. The predicted octanol–water partition coefficient (Wildman–Crippen LogP) is 6.48. The van der Waals surface area contributed by atoms with E-state index in [1.165, 1.54) is 13.8 Å². The van der Waals surface area contributed by atoms with Crippen LogP contribution in [0.4, 0.5) is 35.1 Å². The van der Waals surface area contributed by atoms with E-state index >= 15 is 0 Å². The second kappa shape index (κ2) is 9.95. The molecule has 3 rings (SSSR count). The van der Waals surface area contributed by atoms with Crippen molar-refractivity contribution in [2.75, 3.05) is 19.8 Å². The molecule has 0 saturated carbocycles. The van der Waals surface area contributed by atoms with E-state index in [0.717, 1.165) is 12.1 Å². The first-order valence-corrected chi connectivity index (χ1v) is 10.2. The van der Waals surface area contributed by atoms with Gasteiger partial charge in [0.1, 0.15) is 5.56 Å². The lowest BCUT2D eigenvalue weighted by molar-refractivity contribution is -0.244. The summed E-state index contributed by atoms with van der Waals surface area (Å²) < 4.78 is 133. The van der Waals surface area contributed by atoms with Crippen molar-refractivity contribution in [1.82, 2.24) is 0 Å². The Labute approximate surface area is 189 Å². The van der Waals surface area contributed by atoms with Crippen LogP contribution in [0.2, 0.25) is 0 Å². The van der Waals surface area contributed by atoms with E-state index in [0.29, 0.717) is 12.1 Å². The number of benzene rings is 2. The SMILES string of the molecule is CCOc1ccc(C(F)(F)Oc2ccc(C3OCC(C(F)(F)CC)CO3)c(F)c2F)c(F)c1F. The van der Waals surface area contributed by atoms with Crippen LogP contribution in [-0.4, -0.2) is 25.7 Å². The number of hydrogen-bond donors (Lipinski definition) is 0. The lowest BCUT2D eigenvalue weighted by Crippen LogP contribution is -2.39. The maximum atomic E-state index is 14.5. The van der Waals surface area contributed by atoms with Gasteiger partial charge in [-0.3, -0.25) is 0 Å². The fourth-order valence-electron chi connectivity index (χ4n) is 3.24. The lowest BCUT2D eigenvalue weighted by Gasteiger charge is -2.33. The van der Waals surface area contributed by atoms with E-state index in [-0.39, 0.29) is 6.61 Å². The average molecular weight is 500 g/mol. The summed E-state index contributed by atoms with van der Waals surface area (Å²) in [6.07, 6.45) is -6.64. The normalized spacial score (nSPS) is 19.2. The standard InChI is InChI=1S/C22H20F8O4/c1-3-21(27,28)11-9-32-20(33-10-11)12-5-7-15(19(26)16(12)23)34-22(29,30)13-6-8-14(31-4-2)18(25)17(13)24/h5-8,11,20H,3-4,9-10H2,1-2H3. The second-order valence-corrected chi connectivity index (χ2v) is 7.38. The quantitative estimate of drug-likeness (QED) is 0.389. The van der Waals surface area contributed by atoms with E-state index in [4.69, 9.17) is 14.2 Å². The molecule has 0 aliphatic carbocycles. The van der Waals surface area contributed by atoms with Crippen LogP contribution in [0.5, 0.6) is 11.5 Å². The van der Waals surface area contributed by atoms with Gasteiger partial charge < -0.3 is 18.9 Å². The Morgan fingerprint density at radius 1 is 0.824 bits per heavy atom. The Hall–Kier alpha value is -2.60. The highest BCUT2D eigenvalue weighted by molar-refractivity contribution is 5.35. The first-order valence-electron chi connectivity index (χ1n) is 10.2. The molecular formula is C22H20F8O4. The van der Waals surface area contributed by atoms with Gasteiger partial charge in [0.05, 0.1) is 25.7 Å². The number of alkyl halides is 4. The van der Waals surface area contributed by atoms with Gasteiger partial charge in [-0.25, -0.2) is 17.6 Å². The lowest BCUT2D eigenvalue weighted by atomic mass is 10.00. The van der Waals surface area contributed by atoms with Crippen molar-refractivity contribution in [3.05, 3.63) is 58.7 Å². The van der Waals surface area contributed by atoms with E-state index in [1.807, 2.05) is 0 Å². The molecule has 0 spiro atoms. The van der Waals surface area contributed by atoms with Gasteiger partial charge in [-0.2, -0.15) is 17.6 Å². The molecule has 1 aliphatic rings. The highest BCUT2D eigenvalue weighted by Crippen LogP contribution is 2.40. The second-order valence-electron chi connectivity index (χ2n) is 7.38. The van der Waals surface area contributed by atoms with Gasteiger partial charge >= 0.3 is 6.11 Å². The summed E-state index contributed by atoms with van der Waals surface area (Å²) in [5.74, 6) is -13.6. The van der Waals surface area contributed by atoms with Gasteiger partial charge in [0.2, 0.25) is 11.6 Å². The summed E-state index contributed by atoms with van der Waals surface area (Å²) in [6, 6.07) is 2.62. The first-order chi connectivity index (χ1) is 15.9. The molecular weight excluding hydrogens is 480 g/mol. The fourth-order valence-corrected chi connectivity index (χ4v) is 3.24. The van der Waals surface area contributed by atoms with Crippen molar-refractivity contribution in [2.24, 2.45) is 5.92 Å². The molecule has 1 heterocycles. The minimum Gasteiger partial charge on any atom is -0.491 e. The number of rotatable bonds is 8. The van der Waals surface area contributed by atoms with Crippen LogP contribution in [-0.2, 0) is 15.6 Å². The molecule has 0 amide bonds. The summed E-state index contributed by atoms with van der Waals surface area (Å²) >= 11 is 0. The Kier molecular flexibility index (Phi) is 7.61. The summed E-state index contributed by atoms with van der Waals surface area (Å²) in [5, 5.41) is 0. The van der Waals surface area contributed by atoms with Crippen LogP contribution in [0.15, 0.2) is 24.3 Å². The van der Waals surface area contributed by atoms with Gasteiger partial charge in [-0.1, -0.05) is 6.92 Å². The van der Waals surface area contributed by atoms with Gasteiger partial charge in [0.15, 0.2) is 29.4 Å². The van der Waals surface area contributed by atoms with Crippen LogP contribution in [0.25, 0.3) is 0 Å². The van der Waals surface area contributed by atoms with Gasteiger partial charge in [0, 0.05) is 12.0 Å². The number of hydrogen-bond acceptors (Lipinski definition) is 4. The van der Waals surface area contributed by atoms with Crippen LogP contribution in [0.1, 0.15) is 37.7 Å². The number of ether oxygens (including phenoxy) is 4. The third-order valence-electron chi connectivity index (χ3n) is 5.20. The predicted molar refractivity (Wildman–Crippen MR) is 102 cm³/mol. The molecule has 0 aromatic heterocycles. The Bertz CT molecular complexity index is 1020. The minimum absolute atomic E-state index is 0.0600. The zero-order valence-electron chi connectivity index (χ0n) is 17.9. The third-order valence-corrected chi connectivity index (χ3v) is 5.20. The molecule has 0 radical (unpaired) electrons. The van der Waals surface area contributed by atoms with E-state index in [1.54, 1.807) is 0 Å². The molecule has 1 saturated heterocycles. The summed E-state index contributed by atoms with van der Waals surface area (Å²) in [7, 11) is 0. The maximum Gasteiger partial charge on any atom is 0.429 e. The van der Waals surface area contributed by atoms with Gasteiger partial charge in [-0.05, 0) is 31.2 Å². The van der Waals surface area contributed by atoms with Gasteiger partial charge in [0.25, 0.3) is 5.92 Å². The van der Waals surface area contributed by atoms with Crippen LogP contribution in [0, 0.1) is 29.2 Å². The first kappa shape index (κ1) is 26.0. The van der Waals surface area contributed by atoms with Crippen molar-refractivity contribution in [3.63, 3.8) is 0 Å². The zero-order valence-corrected chi connectivity index (χ0v) is 17.9. The molecule has 0 N–H and O–H groups in total. The fraction of sp³-hybridized carbons (Fsp3) is 0.455. The van der Waals surface area contributed by atoms with Crippen molar-refractivity contribution in [2.45, 2.75) is 38.6 Å². The highest BCUT2D eigenvalue weighted by Gasteiger charge is 2.43. The zero-order chi connectivity index (χ0) is 25.3. The van der Waals surface area contributed by atoms with E-state index in [9.17, 15) is 35.1 Å². The molecule has 0 atom stereocenters. The summed E-state index contributed by atoms with van der Waals surface area (Å²) in [6.45, 7) is 1.65. The smallest absolute Gasteiger partial charge is 0.429 e. The molecule has 2 aromatic rings. The van der Waals surface area contributed by atoms with Crippen LogP contribution < -0.4 is 9.47 Å². The summed E-state index contributed by atoms with van der Waals surface area (Å²) in [5.41, 5.74) is -2.15. The monoisotopic (exact) mass is 500 g/mol. The van der Waals surface area contributed by atoms with Crippen molar-refractivity contribution >= 4 is 0 Å². The Balaban J connectivity index is 1.80. The third kappa shape index (κ3) is 5.07. The van der Waals surface area contributed by atoms with Gasteiger partial charge in [-0.15, -0.1) is 0 Å². The van der Waals surface area contributed by atoms with Crippen LogP contribution >= 0.6 is 0 Å². The molecule has 1 aliphatic heterocycles. The molecule has 0 bridgehead atoms. The van der Waals surface area contributed by atoms with Crippen LogP contribution in [0.3, 0.4) is 0 Å². The molecule has 12 heteroatoms. The number of halogens is 8. The Morgan fingerprint density at radius 3 is 2.00 bits per heavy atom. The van der Waals surface area contributed by atoms with Crippen molar-refractivity contribution in [1.29, 1.82) is 0 Å². The molecule has 4 nitrogen and oxygen atoms in total. The molecule has 188 valence electrons. The van der Waals surface area contributed by atoms with Crippen molar-refractivity contribution < 1.29 is 54.1 Å². The minimum atomic E-state index is -4.60. The summed E-state index contributed by atoms with van der Waals surface area (Å²) in [4.78, 5) is 0. The van der Waals surface area contributed by atoms with E-state index in [2.05, 4.69) is 4.74 Å². The molecule has 1 fully saturated rings. The topological polar surface area (TPSA) is 36.9 Å². The largest absolute Gasteiger partial charge is 0.491 e. The maximum absolute atomic E-state index is 14.5. The molecule has 34 heavy (non-hydrogen) atoms.